The smallest absolute Gasteiger partial charge is 0.138 e. The molecule has 1 aromatic rings. The van der Waals surface area contributed by atoms with Gasteiger partial charge in [0.05, 0.1) is 6.04 Å². The van der Waals surface area contributed by atoms with Crippen LogP contribution in [0.25, 0.3) is 0 Å². The Hall–Kier alpha value is -0.930. The highest BCUT2D eigenvalue weighted by atomic mass is 15.5. The van der Waals surface area contributed by atoms with Gasteiger partial charge in [0.1, 0.15) is 6.33 Å². The summed E-state index contributed by atoms with van der Waals surface area (Å²) in [4.78, 5) is 0. The molecular weight excluding hydrogens is 392 g/mol. The van der Waals surface area contributed by atoms with E-state index in [4.69, 9.17) is 0 Å². The fourth-order valence-corrected chi connectivity index (χ4v) is 9.84. The number of tetrazole rings is 1. The summed E-state index contributed by atoms with van der Waals surface area (Å²) in [6.45, 7) is 12.8. The molecule has 0 saturated heterocycles. The average Bonchev–Trinajstić information content (AvgIpc) is 3.40. The topological polar surface area (TPSA) is 43.6 Å². The summed E-state index contributed by atoms with van der Waals surface area (Å²) in [5.41, 5.74) is 1.17. The minimum Gasteiger partial charge on any atom is -0.229 e. The highest BCUT2D eigenvalue weighted by molar-refractivity contribution is 5.09. The molecule has 0 bridgehead atoms. The van der Waals surface area contributed by atoms with Gasteiger partial charge in [0, 0.05) is 0 Å². The van der Waals surface area contributed by atoms with Gasteiger partial charge >= 0.3 is 0 Å². The Bertz CT molecular complexity index is 759. The lowest BCUT2D eigenvalue weighted by atomic mass is 9.44. The van der Waals surface area contributed by atoms with Crippen molar-refractivity contribution in [3.63, 3.8) is 0 Å². The molecule has 0 spiro atoms. The highest BCUT2D eigenvalue weighted by Gasteiger charge is 2.60. The van der Waals surface area contributed by atoms with Crippen molar-refractivity contribution in [1.29, 1.82) is 0 Å². The van der Waals surface area contributed by atoms with E-state index in [0.29, 0.717) is 16.9 Å². The van der Waals surface area contributed by atoms with Gasteiger partial charge in [-0.25, -0.2) is 4.68 Å². The lowest BCUT2D eigenvalue weighted by molar-refractivity contribution is -0.120. The standard InChI is InChI=1S/C28H48N4/c1-19(2)7-6-8-20(3)24-11-12-25-23-10-9-21-17-22(32-18-29-30-31-32)13-15-27(21,4)26(23)14-16-28(24,25)5/h18-26H,6-17H2,1-5H3/t20-,21+,22-,23+,24-,25+,26+,27+,28-/m1/s1. The zero-order chi connectivity index (χ0) is 22.5. The minimum absolute atomic E-state index is 0.524. The molecule has 0 radical (unpaired) electrons. The van der Waals surface area contributed by atoms with Crippen LogP contribution in [-0.2, 0) is 0 Å². The lowest BCUT2D eigenvalue weighted by Crippen LogP contribution is -2.53. The van der Waals surface area contributed by atoms with Crippen molar-refractivity contribution in [2.75, 3.05) is 0 Å². The van der Waals surface area contributed by atoms with Gasteiger partial charge in [-0.2, -0.15) is 0 Å². The third-order valence-corrected chi connectivity index (χ3v) is 11.6. The van der Waals surface area contributed by atoms with Crippen molar-refractivity contribution in [1.82, 2.24) is 20.2 Å². The summed E-state index contributed by atoms with van der Waals surface area (Å²) in [6.07, 6.45) is 19.0. The molecule has 0 aromatic carbocycles. The Balaban J connectivity index is 1.27. The molecule has 4 saturated carbocycles. The lowest BCUT2D eigenvalue weighted by Gasteiger charge is -2.61. The molecule has 0 N–H and O–H groups in total. The van der Waals surface area contributed by atoms with Crippen LogP contribution in [0.2, 0.25) is 0 Å². The Morgan fingerprint density at radius 2 is 1.69 bits per heavy atom. The number of rotatable bonds is 6. The van der Waals surface area contributed by atoms with Gasteiger partial charge in [-0.1, -0.05) is 53.9 Å². The molecule has 5 rings (SSSR count). The molecule has 4 heteroatoms. The van der Waals surface area contributed by atoms with E-state index in [0.717, 1.165) is 41.4 Å². The van der Waals surface area contributed by atoms with Crippen LogP contribution in [0.3, 0.4) is 0 Å². The maximum absolute atomic E-state index is 4.25. The van der Waals surface area contributed by atoms with Crippen LogP contribution in [0.5, 0.6) is 0 Å². The van der Waals surface area contributed by atoms with Gasteiger partial charge in [-0.05, 0) is 120 Å². The van der Waals surface area contributed by atoms with E-state index in [2.05, 4.69) is 50.1 Å². The largest absolute Gasteiger partial charge is 0.229 e. The Morgan fingerprint density at radius 3 is 2.44 bits per heavy atom. The average molecular weight is 441 g/mol. The van der Waals surface area contributed by atoms with Crippen LogP contribution in [0, 0.1) is 52.3 Å². The third-order valence-electron chi connectivity index (χ3n) is 11.6. The quantitative estimate of drug-likeness (QED) is 0.465. The number of hydrogen-bond acceptors (Lipinski definition) is 3. The minimum atomic E-state index is 0.524. The van der Waals surface area contributed by atoms with Crippen LogP contribution in [0.1, 0.15) is 118 Å². The molecule has 0 unspecified atom stereocenters. The number of fused-ring (bicyclic) bond motifs is 5. The van der Waals surface area contributed by atoms with E-state index in [1.54, 1.807) is 0 Å². The summed E-state index contributed by atoms with van der Waals surface area (Å²) >= 11 is 0. The predicted octanol–water partition coefficient (Wildman–Crippen LogP) is 7.34. The molecule has 4 fully saturated rings. The SMILES string of the molecule is CC(C)CCC[C@@H](C)[C@H]1CC[C@H]2[C@@H]3CC[C@H]4C[C@H](n5cnnn5)CC[C@]4(C)[C@H]3CC[C@]12C. The van der Waals surface area contributed by atoms with Gasteiger partial charge < -0.3 is 0 Å². The Morgan fingerprint density at radius 1 is 0.906 bits per heavy atom. The molecule has 0 aliphatic heterocycles. The first-order chi connectivity index (χ1) is 15.3. The molecule has 32 heavy (non-hydrogen) atoms. The Labute approximate surface area is 196 Å². The molecule has 4 aliphatic rings. The predicted molar refractivity (Wildman–Crippen MR) is 130 cm³/mol. The molecule has 4 nitrogen and oxygen atoms in total. The van der Waals surface area contributed by atoms with E-state index in [9.17, 15) is 0 Å². The molecule has 0 amide bonds. The van der Waals surface area contributed by atoms with Crippen LogP contribution in [0.15, 0.2) is 6.33 Å². The Kier molecular flexibility index (Phi) is 6.20. The van der Waals surface area contributed by atoms with Crippen LogP contribution < -0.4 is 0 Å². The first-order valence-corrected chi connectivity index (χ1v) is 14.1. The van der Waals surface area contributed by atoms with Crippen LogP contribution >= 0.6 is 0 Å². The summed E-state index contributed by atoms with van der Waals surface area (Å²) in [7, 11) is 0. The monoisotopic (exact) mass is 440 g/mol. The van der Waals surface area contributed by atoms with Gasteiger partial charge in [0.15, 0.2) is 0 Å². The molecule has 9 atom stereocenters. The van der Waals surface area contributed by atoms with Crippen molar-refractivity contribution in [2.45, 2.75) is 118 Å². The fourth-order valence-electron chi connectivity index (χ4n) is 9.84. The van der Waals surface area contributed by atoms with E-state index >= 15 is 0 Å². The second kappa shape index (κ2) is 8.69. The van der Waals surface area contributed by atoms with Crippen molar-refractivity contribution < 1.29 is 0 Å². The van der Waals surface area contributed by atoms with Crippen molar-refractivity contribution in [3.8, 4) is 0 Å². The molecular formula is C28H48N4. The molecule has 1 aromatic heterocycles. The van der Waals surface area contributed by atoms with Crippen molar-refractivity contribution >= 4 is 0 Å². The number of aromatic nitrogens is 4. The molecule has 4 aliphatic carbocycles. The first-order valence-electron chi connectivity index (χ1n) is 14.1. The third kappa shape index (κ3) is 3.76. The van der Waals surface area contributed by atoms with E-state index in [1.165, 1.54) is 77.0 Å². The van der Waals surface area contributed by atoms with E-state index in [-0.39, 0.29) is 0 Å². The zero-order valence-electron chi connectivity index (χ0n) is 21.5. The summed E-state index contributed by atoms with van der Waals surface area (Å²) in [5, 5.41) is 12.1. The highest BCUT2D eigenvalue weighted by Crippen LogP contribution is 2.68. The first kappa shape index (κ1) is 22.8. The van der Waals surface area contributed by atoms with Crippen molar-refractivity contribution in [2.24, 2.45) is 52.3 Å². The summed E-state index contributed by atoms with van der Waals surface area (Å²) < 4.78 is 2.05. The van der Waals surface area contributed by atoms with Gasteiger partial charge in [-0.15, -0.1) is 5.10 Å². The normalized spacial score (nSPS) is 44.7. The van der Waals surface area contributed by atoms with Crippen molar-refractivity contribution in [3.05, 3.63) is 6.33 Å². The van der Waals surface area contributed by atoms with Gasteiger partial charge in [-0.3, -0.25) is 0 Å². The summed E-state index contributed by atoms with van der Waals surface area (Å²) in [5.74, 6) is 6.56. The van der Waals surface area contributed by atoms with E-state index < -0.39 is 0 Å². The maximum Gasteiger partial charge on any atom is 0.138 e. The second-order valence-electron chi connectivity index (χ2n) is 13.4. The number of hydrogen-bond donors (Lipinski definition) is 0. The van der Waals surface area contributed by atoms with Gasteiger partial charge in [0.2, 0.25) is 0 Å². The van der Waals surface area contributed by atoms with Crippen LogP contribution in [0.4, 0.5) is 0 Å². The molecule has 180 valence electrons. The zero-order valence-corrected chi connectivity index (χ0v) is 21.5. The number of nitrogens with zero attached hydrogens (tertiary/aromatic N) is 4. The maximum atomic E-state index is 4.25. The van der Waals surface area contributed by atoms with Crippen LogP contribution in [-0.4, -0.2) is 20.2 Å². The summed E-state index contributed by atoms with van der Waals surface area (Å²) in [6, 6.07) is 0.524. The fraction of sp³-hybridized carbons (Fsp3) is 0.964. The molecule has 1 heterocycles. The second-order valence-corrected chi connectivity index (χ2v) is 13.4. The van der Waals surface area contributed by atoms with E-state index in [1.807, 2.05) is 11.0 Å². The van der Waals surface area contributed by atoms with Gasteiger partial charge in [0.25, 0.3) is 0 Å².